The number of ether oxygens (including phenoxy) is 1. The molecule has 1 amide bonds. The highest BCUT2D eigenvalue weighted by atomic mass is 32.1. The van der Waals surface area contributed by atoms with Crippen molar-refractivity contribution >= 4 is 34.6 Å². The predicted molar refractivity (Wildman–Crippen MR) is 108 cm³/mol. The number of aryl methyl sites for hydroxylation is 1. The number of nitro groups is 1. The van der Waals surface area contributed by atoms with Gasteiger partial charge in [0.15, 0.2) is 5.11 Å². The maximum absolute atomic E-state index is 12.3. The molecule has 0 radical (unpaired) electrons. The summed E-state index contributed by atoms with van der Waals surface area (Å²) in [5, 5.41) is 16.3. The molecule has 2 rings (SSSR count). The summed E-state index contributed by atoms with van der Waals surface area (Å²) in [7, 11) is 0. The number of anilines is 1. The fraction of sp³-hybridized carbons (Fsp3) is 0.263. The third-order valence-corrected chi connectivity index (χ3v) is 3.73. The molecule has 2 aromatic carbocycles. The minimum Gasteiger partial charge on any atom is -0.493 e. The highest BCUT2D eigenvalue weighted by Crippen LogP contribution is 2.25. The number of amides is 1. The van der Waals surface area contributed by atoms with Crippen molar-refractivity contribution in [3.63, 3.8) is 0 Å². The number of nitro benzene ring substituents is 1. The molecule has 0 fully saturated rings. The zero-order valence-electron chi connectivity index (χ0n) is 15.3. The van der Waals surface area contributed by atoms with Gasteiger partial charge in [0.2, 0.25) is 0 Å². The molecule has 0 aliphatic carbocycles. The molecule has 0 aliphatic rings. The Balaban J connectivity index is 2.00. The Morgan fingerprint density at radius 3 is 2.48 bits per heavy atom. The summed E-state index contributed by atoms with van der Waals surface area (Å²) in [5.41, 5.74) is 1.25. The van der Waals surface area contributed by atoms with Gasteiger partial charge in [0.1, 0.15) is 11.4 Å². The Bertz CT molecular complexity index is 851. The van der Waals surface area contributed by atoms with Gasteiger partial charge in [-0.1, -0.05) is 19.9 Å². The molecule has 0 bridgehead atoms. The molecular weight excluding hydrogens is 366 g/mol. The fourth-order valence-corrected chi connectivity index (χ4v) is 2.40. The molecule has 0 atom stereocenters. The lowest BCUT2D eigenvalue weighted by atomic mass is 10.2. The molecule has 142 valence electrons. The number of carbonyl (C=O) groups is 1. The van der Waals surface area contributed by atoms with Gasteiger partial charge >= 0.3 is 0 Å². The van der Waals surface area contributed by atoms with Crippen LogP contribution in [-0.2, 0) is 0 Å². The highest BCUT2D eigenvalue weighted by Gasteiger charge is 2.16. The van der Waals surface area contributed by atoms with Gasteiger partial charge in [-0.05, 0) is 61.0 Å². The number of carbonyl (C=O) groups excluding carboxylic acids is 1. The first-order valence-electron chi connectivity index (χ1n) is 8.36. The van der Waals surface area contributed by atoms with Crippen LogP contribution in [0.15, 0.2) is 42.5 Å². The maximum Gasteiger partial charge on any atom is 0.292 e. The number of thiocarbonyl (C=S) groups is 1. The Morgan fingerprint density at radius 2 is 1.89 bits per heavy atom. The standard InChI is InChI=1S/C19H21N3O4S/c1-12(2)11-26-15-7-5-14(6-8-15)18(23)21-19(27)20-16-9-4-13(3)10-17(16)22(24)25/h4-10,12H,11H2,1-3H3,(H2,20,21,23,27). The van der Waals surface area contributed by atoms with E-state index in [1.54, 1.807) is 43.3 Å². The van der Waals surface area contributed by atoms with Gasteiger partial charge in [0, 0.05) is 11.6 Å². The van der Waals surface area contributed by atoms with Crippen LogP contribution in [0.1, 0.15) is 29.8 Å². The highest BCUT2D eigenvalue weighted by molar-refractivity contribution is 7.80. The monoisotopic (exact) mass is 387 g/mol. The van der Waals surface area contributed by atoms with E-state index in [1.807, 2.05) is 13.8 Å². The maximum atomic E-state index is 12.3. The summed E-state index contributed by atoms with van der Waals surface area (Å²) in [4.78, 5) is 22.9. The van der Waals surface area contributed by atoms with E-state index in [4.69, 9.17) is 17.0 Å². The normalized spacial score (nSPS) is 10.4. The molecular formula is C19H21N3O4S. The van der Waals surface area contributed by atoms with Crippen molar-refractivity contribution in [1.29, 1.82) is 0 Å². The SMILES string of the molecule is Cc1ccc(NC(=S)NC(=O)c2ccc(OCC(C)C)cc2)c([N+](=O)[O-])c1. The summed E-state index contributed by atoms with van der Waals surface area (Å²) in [6, 6.07) is 11.4. The molecule has 0 aliphatic heterocycles. The third kappa shape index (κ3) is 6.03. The van der Waals surface area contributed by atoms with Crippen LogP contribution >= 0.6 is 12.2 Å². The molecule has 0 saturated heterocycles. The molecule has 0 saturated carbocycles. The Kier molecular flexibility index (Phi) is 6.84. The minimum absolute atomic E-state index is 0.0212. The molecule has 7 nitrogen and oxygen atoms in total. The van der Waals surface area contributed by atoms with Gasteiger partial charge in [0.25, 0.3) is 11.6 Å². The van der Waals surface area contributed by atoms with E-state index in [1.165, 1.54) is 6.07 Å². The number of benzene rings is 2. The molecule has 0 spiro atoms. The average molecular weight is 387 g/mol. The Morgan fingerprint density at radius 1 is 1.22 bits per heavy atom. The van der Waals surface area contributed by atoms with Crippen LogP contribution in [0.2, 0.25) is 0 Å². The molecule has 2 aromatic rings. The average Bonchev–Trinajstić information content (AvgIpc) is 2.61. The number of rotatable bonds is 6. The number of nitrogens with one attached hydrogen (secondary N) is 2. The van der Waals surface area contributed by atoms with Crippen LogP contribution in [-0.4, -0.2) is 22.5 Å². The summed E-state index contributed by atoms with van der Waals surface area (Å²) in [6.07, 6.45) is 0. The second-order valence-corrected chi connectivity index (χ2v) is 6.82. The number of nitrogens with zero attached hydrogens (tertiary/aromatic N) is 1. The predicted octanol–water partition coefficient (Wildman–Crippen LogP) is 4.06. The van der Waals surface area contributed by atoms with Crippen molar-refractivity contribution in [1.82, 2.24) is 5.32 Å². The summed E-state index contributed by atoms with van der Waals surface area (Å²) >= 11 is 5.10. The lowest BCUT2D eigenvalue weighted by Crippen LogP contribution is -2.34. The summed E-state index contributed by atoms with van der Waals surface area (Å²) < 4.78 is 5.57. The topological polar surface area (TPSA) is 93.5 Å². The fourth-order valence-electron chi connectivity index (χ4n) is 2.19. The number of hydrogen-bond acceptors (Lipinski definition) is 5. The first-order chi connectivity index (χ1) is 12.8. The second kappa shape index (κ2) is 9.09. The van der Waals surface area contributed by atoms with Crippen molar-refractivity contribution in [2.45, 2.75) is 20.8 Å². The van der Waals surface area contributed by atoms with Gasteiger partial charge in [0.05, 0.1) is 11.5 Å². The quantitative estimate of drug-likeness (QED) is 0.441. The molecule has 0 heterocycles. The zero-order valence-corrected chi connectivity index (χ0v) is 16.1. The van der Waals surface area contributed by atoms with Gasteiger partial charge in [-0.3, -0.25) is 20.2 Å². The molecule has 8 heteroatoms. The van der Waals surface area contributed by atoms with E-state index in [2.05, 4.69) is 10.6 Å². The van der Waals surface area contributed by atoms with Crippen LogP contribution < -0.4 is 15.4 Å². The first-order valence-corrected chi connectivity index (χ1v) is 8.77. The van der Waals surface area contributed by atoms with Crippen LogP contribution in [0.4, 0.5) is 11.4 Å². The lowest BCUT2D eigenvalue weighted by molar-refractivity contribution is -0.383. The van der Waals surface area contributed by atoms with Crippen LogP contribution in [0, 0.1) is 23.0 Å². The van der Waals surface area contributed by atoms with Crippen molar-refractivity contribution in [2.24, 2.45) is 5.92 Å². The third-order valence-electron chi connectivity index (χ3n) is 3.53. The number of hydrogen-bond donors (Lipinski definition) is 2. The van der Waals surface area contributed by atoms with Crippen molar-refractivity contribution < 1.29 is 14.5 Å². The van der Waals surface area contributed by atoms with Crippen LogP contribution in [0.3, 0.4) is 0 Å². The van der Waals surface area contributed by atoms with E-state index >= 15 is 0 Å². The first kappa shape index (κ1) is 20.3. The zero-order chi connectivity index (χ0) is 20.0. The van der Waals surface area contributed by atoms with E-state index in [9.17, 15) is 14.9 Å². The molecule has 0 unspecified atom stereocenters. The smallest absolute Gasteiger partial charge is 0.292 e. The van der Waals surface area contributed by atoms with Gasteiger partial charge < -0.3 is 10.1 Å². The van der Waals surface area contributed by atoms with Crippen molar-refractivity contribution in [3.8, 4) is 5.75 Å². The van der Waals surface area contributed by atoms with Gasteiger partial charge in [-0.25, -0.2) is 0 Å². The lowest BCUT2D eigenvalue weighted by Gasteiger charge is -2.11. The Hall–Kier alpha value is -3.00. The van der Waals surface area contributed by atoms with Crippen LogP contribution in [0.5, 0.6) is 5.75 Å². The second-order valence-electron chi connectivity index (χ2n) is 6.42. The molecule has 0 aromatic heterocycles. The van der Waals surface area contributed by atoms with E-state index in [-0.39, 0.29) is 16.5 Å². The van der Waals surface area contributed by atoms with E-state index < -0.39 is 10.8 Å². The minimum atomic E-state index is -0.504. The Labute approximate surface area is 162 Å². The molecule has 27 heavy (non-hydrogen) atoms. The van der Waals surface area contributed by atoms with Crippen molar-refractivity contribution in [2.75, 3.05) is 11.9 Å². The molecule has 2 N–H and O–H groups in total. The largest absolute Gasteiger partial charge is 0.493 e. The van der Waals surface area contributed by atoms with E-state index in [0.29, 0.717) is 23.8 Å². The van der Waals surface area contributed by atoms with Gasteiger partial charge in [-0.15, -0.1) is 0 Å². The summed E-state index contributed by atoms with van der Waals surface area (Å²) in [5.74, 6) is 0.663. The summed E-state index contributed by atoms with van der Waals surface area (Å²) in [6.45, 7) is 6.45. The van der Waals surface area contributed by atoms with E-state index in [0.717, 1.165) is 5.56 Å². The van der Waals surface area contributed by atoms with Crippen molar-refractivity contribution in [3.05, 3.63) is 63.7 Å². The van der Waals surface area contributed by atoms with Crippen LogP contribution in [0.25, 0.3) is 0 Å². The van der Waals surface area contributed by atoms with Gasteiger partial charge in [-0.2, -0.15) is 0 Å².